The lowest BCUT2D eigenvalue weighted by molar-refractivity contribution is -0.137. The van der Waals surface area contributed by atoms with Crippen molar-refractivity contribution in [1.29, 1.82) is 0 Å². The van der Waals surface area contributed by atoms with Gasteiger partial charge in [0.2, 0.25) is 0 Å². The predicted molar refractivity (Wildman–Crippen MR) is 93.4 cm³/mol. The number of carboxylic acids is 1. The molecule has 0 saturated carbocycles. The predicted octanol–water partition coefficient (Wildman–Crippen LogP) is 3.99. The summed E-state index contributed by atoms with van der Waals surface area (Å²) in [5, 5.41) is 8.75. The number of unbranched alkanes of at least 4 members (excludes halogenated alkanes) is 1. The van der Waals surface area contributed by atoms with Gasteiger partial charge in [0.1, 0.15) is 0 Å². The van der Waals surface area contributed by atoms with Crippen molar-refractivity contribution in [3.63, 3.8) is 0 Å². The van der Waals surface area contributed by atoms with Crippen LogP contribution in [0.25, 0.3) is 0 Å². The van der Waals surface area contributed by atoms with Gasteiger partial charge in [-0.05, 0) is 36.9 Å². The molecule has 0 aromatic heterocycles. The average Bonchev–Trinajstić information content (AvgIpc) is 2.58. The highest BCUT2D eigenvalue weighted by Gasteiger charge is 2.07. The summed E-state index contributed by atoms with van der Waals surface area (Å²) < 4.78 is 0. The minimum atomic E-state index is -0.705. The summed E-state index contributed by atoms with van der Waals surface area (Å²) in [6, 6.07) is 21.0. The molecule has 2 aromatic rings. The third-order valence-electron chi connectivity index (χ3n) is 3.92. The fourth-order valence-electron chi connectivity index (χ4n) is 2.66. The van der Waals surface area contributed by atoms with Crippen LogP contribution in [0.5, 0.6) is 0 Å². The normalized spacial score (nSPS) is 10.8. The summed E-state index contributed by atoms with van der Waals surface area (Å²) in [6.07, 6.45) is 2.95. The Morgan fingerprint density at radius 2 is 1.43 bits per heavy atom. The highest BCUT2D eigenvalue weighted by molar-refractivity contribution is 5.66. The second-order valence-corrected chi connectivity index (χ2v) is 5.85. The van der Waals surface area contributed by atoms with Gasteiger partial charge < -0.3 is 5.11 Å². The molecule has 0 amide bonds. The molecule has 23 heavy (non-hydrogen) atoms. The van der Waals surface area contributed by atoms with Crippen LogP contribution in [0.3, 0.4) is 0 Å². The maximum absolute atomic E-state index is 10.6. The van der Waals surface area contributed by atoms with Crippen molar-refractivity contribution in [2.45, 2.75) is 32.2 Å². The summed E-state index contributed by atoms with van der Waals surface area (Å²) in [6.45, 7) is 2.85. The SMILES string of the molecule is O=C(O)CCCCN(CCc1ccccc1)Cc1ccccc1. The molecule has 0 fully saturated rings. The smallest absolute Gasteiger partial charge is 0.303 e. The monoisotopic (exact) mass is 311 g/mol. The first-order valence-electron chi connectivity index (χ1n) is 8.26. The minimum absolute atomic E-state index is 0.262. The van der Waals surface area contributed by atoms with Crippen LogP contribution in [0, 0.1) is 0 Å². The van der Waals surface area contributed by atoms with Crippen LogP contribution in [-0.2, 0) is 17.8 Å². The van der Waals surface area contributed by atoms with E-state index in [1.807, 2.05) is 12.1 Å². The molecule has 3 nitrogen and oxygen atoms in total. The van der Waals surface area contributed by atoms with E-state index < -0.39 is 5.97 Å². The zero-order valence-electron chi connectivity index (χ0n) is 13.5. The fraction of sp³-hybridized carbons (Fsp3) is 0.350. The van der Waals surface area contributed by atoms with E-state index >= 15 is 0 Å². The molecule has 2 aromatic carbocycles. The first-order valence-corrected chi connectivity index (χ1v) is 8.26. The largest absolute Gasteiger partial charge is 0.481 e. The molecule has 2 rings (SSSR count). The number of nitrogens with zero attached hydrogens (tertiary/aromatic N) is 1. The van der Waals surface area contributed by atoms with Crippen LogP contribution in [0.1, 0.15) is 30.4 Å². The van der Waals surface area contributed by atoms with E-state index in [9.17, 15) is 4.79 Å². The molecule has 0 radical (unpaired) electrons. The van der Waals surface area contributed by atoms with Crippen LogP contribution in [0.4, 0.5) is 0 Å². The lowest BCUT2D eigenvalue weighted by Gasteiger charge is -2.22. The van der Waals surface area contributed by atoms with Crippen LogP contribution in [0.2, 0.25) is 0 Å². The molecule has 0 atom stereocenters. The Balaban J connectivity index is 1.86. The minimum Gasteiger partial charge on any atom is -0.481 e. The standard InChI is InChI=1S/C20H25NO2/c22-20(23)13-7-8-15-21(17-19-11-5-2-6-12-19)16-14-18-9-3-1-4-10-18/h1-6,9-12H,7-8,13-17H2,(H,22,23). The first kappa shape index (κ1) is 17.2. The van der Waals surface area contributed by atoms with Crippen LogP contribution < -0.4 is 0 Å². The van der Waals surface area contributed by atoms with Crippen molar-refractivity contribution >= 4 is 5.97 Å². The molecule has 0 unspecified atom stereocenters. The number of carboxylic acid groups (broad SMARTS) is 1. The summed E-state index contributed by atoms with van der Waals surface area (Å²) >= 11 is 0. The molecule has 0 saturated heterocycles. The molecular formula is C20H25NO2. The lowest BCUT2D eigenvalue weighted by Crippen LogP contribution is -2.27. The Hall–Kier alpha value is -2.13. The molecule has 0 spiro atoms. The Morgan fingerprint density at radius 1 is 0.826 bits per heavy atom. The Labute approximate surface area is 138 Å². The van der Waals surface area contributed by atoms with E-state index in [-0.39, 0.29) is 6.42 Å². The van der Waals surface area contributed by atoms with Crippen LogP contribution in [0.15, 0.2) is 60.7 Å². The molecule has 122 valence electrons. The van der Waals surface area contributed by atoms with Gasteiger partial charge in [-0.25, -0.2) is 0 Å². The Kier molecular flexibility index (Phi) is 7.34. The van der Waals surface area contributed by atoms with E-state index in [1.165, 1.54) is 11.1 Å². The van der Waals surface area contributed by atoms with Crippen molar-refractivity contribution in [2.24, 2.45) is 0 Å². The van der Waals surface area contributed by atoms with Crippen molar-refractivity contribution in [3.8, 4) is 0 Å². The molecular weight excluding hydrogens is 286 g/mol. The molecule has 1 N–H and O–H groups in total. The number of rotatable bonds is 10. The molecule has 0 heterocycles. The van der Waals surface area contributed by atoms with E-state index in [2.05, 4.69) is 53.4 Å². The first-order chi connectivity index (χ1) is 11.2. The van der Waals surface area contributed by atoms with Crippen molar-refractivity contribution in [2.75, 3.05) is 13.1 Å². The second kappa shape index (κ2) is 9.80. The molecule has 0 bridgehead atoms. The highest BCUT2D eigenvalue weighted by atomic mass is 16.4. The maximum atomic E-state index is 10.6. The summed E-state index contributed by atoms with van der Waals surface area (Å²) in [5.41, 5.74) is 2.65. The van der Waals surface area contributed by atoms with Crippen LogP contribution >= 0.6 is 0 Å². The van der Waals surface area contributed by atoms with Gasteiger partial charge >= 0.3 is 5.97 Å². The number of carbonyl (C=O) groups is 1. The van der Waals surface area contributed by atoms with Gasteiger partial charge in [-0.3, -0.25) is 9.69 Å². The van der Waals surface area contributed by atoms with Gasteiger partial charge in [0.05, 0.1) is 0 Å². The van der Waals surface area contributed by atoms with E-state index in [0.29, 0.717) is 0 Å². The fourth-order valence-corrected chi connectivity index (χ4v) is 2.66. The molecule has 0 aliphatic rings. The number of aliphatic carboxylic acids is 1. The Morgan fingerprint density at radius 3 is 2.04 bits per heavy atom. The maximum Gasteiger partial charge on any atom is 0.303 e. The van der Waals surface area contributed by atoms with Crippen molar-refractivity contribution in [3.05, 3.63) is 71.8 Å². The third-order valence-corrected chi connectivity index (χ3v) is 3.92. The molecule has 0 aliphatic carbocycles. The molecule has 3 heteroatoms. The third kappa shape index (κ3) is 7.11. The Bertz CT molecular complexity index is 569. The molecule has 0 aliphatic heterocycles. The quantitative estimate of drug-likeness (QED) is 0.675. The number of hydrogen-bond acceptors (Lipinski definition) is 2. The number of benzene rings is 2. The van der Waals surface area contributed by atoms with Gasteiger partial charge in [0.15, 0.2) is 0 Å². The average molecular weight is 311 g/mol. The van der Waals surface area contributed by atoms with Crippen LogP contribution in [-0.4, -0.2) is 29.1 Å². The summed E-state index contributed by atoms with van der Waals surface area (Å²) in [5.74, 6) is -0.705. The highest BCUT2D eigenvalue weighted by Crippen LogP contribution is 2.09. The van der Waals surface area contributed by atoms with Gasteiger partial charge in [-0.1, -0.05) is 60.7 Å². The van der Waals surface area contributed by atoms with Gasteiger partial charge in [-0.15, -0.1) is 0 Å². The van der Waals surface area contributed by atoms with Gasteiger partial charge in [-0.2, -0.15) is 0 Å². The summed E-state index contributed by atoms with van der Waals surface area (Å²) in [4.78, 5) is 13.1. The lowest BCUT2D eigenvalue weighted by atomic mass is 10.1. The van der Waals surface area contributed by atoms with Crippen molar-refractivity contribution < 1.29 is 9.90 Å². The number of hydrogen-bond donors (Lipinski definition) is 1. The zero-order chi connectivity index (χ0) is 16.3. The van der Waals surface area contributed by atoms with Gasteiger partial charge in [0, 0.05) is 19.5 Å². The van der Waals surface area contributed by atoms with E-state index in [1.54, 1.807) is 0 Å². The topological polar surface area (TPSA) is 40.5 Å². The van der Waals surface area contributed by atoms with Crippen molar-refractivity contribution in [1.82, 2.24) is 4.90 Å². The summed E-state index contributed by atoms with van der Waals surface area (Å²) in [7, 11) is 0. The zero-order valence-corrected chi connectivity index (χ0v) is 13.5. The van der Waals surface area contributed by atoms with E-state index in [4.69, 9.17) is 5.11 Å². The van der Waals surface area contributed by atoms with E-state index in [0.717, 1.165) is 38.9 Å². The van der Waals surface area contributed by atoms with Gasteiger partial charge in [0.25, 0.3) is 0 Å². The second-order valence-electron chi connectivity index (χ2n) is 5.85.